The SMILES string of the molecule is O=C(Cc1cccnc1)N[C@H]1CCCN(c2ccccn2)C1. The molecule has 2 aromatic heterocycles. The van der Waals surface area contributed by atoms with Crippen molar-refractivity contribution in [3.05, 3.63) is 54.5 Å². The number of anilines is 1. The van der Waals surface area contributed by atoms with E-state index in [0.29, 0.717) is 6.42 Å². The lowest BCUT2D eigenvalue weighted by atomic mass is 10.0. The van der Waals surface area contributed by atoms with Gasteiger partial charge in [-0.1, -0.05) is 12.1 Å². The third-order valence-electron chi connectivity index (χ3n) is 3.85. The van der Waals surface area contributed by atoms with Gasteiger partial charge in [0.1, 0.15) is 5.82 Å². The highest BCUT2D eigenvalue weighted by molar-refractivity contribution is 5.78. The number of hydrogen-bond donors (Lipinski definition) is 1. The lowest BCUT2D eigenvalue weighted by molar-refractivity contribution is -0.121. The van der Waals surface area contributed by atoms with Crippen LogP contribution in [-0.2, 0) is 11.2 Å². The van der Waals surface area contributed by atoms with Gasteiger partial charge >= 0.3 is 0 Å². The summed E-state index contributed by atoms with van der Waals surface area (Å²) in [7, 11) is 0. The van der Waals surface area contributed by atoms with Gasteiger partial charge in [0.05, 0.1) is 6.42 Å². The second-order valence-electron chi connectivity index (χ2n) is 5.58. The van der Waals surface area contributed by atoms with Crippen LogP contribution in [0.2, 0.25) is 0 Å². The summed E-state index contributed by atoms with van der Waals surface area (Å²) in [4.78, 5) is 22.8. The van der Waals surface area contributed by atoms with Gasteiger partial charge in [-0.3, -0.25) is 9.78 Å². The molecule has 0 spiro atoms. The van der Waals surface area contributed by atoms with Gasteiger partial charge in [0.2, 0.25) is 5.91 Å². The van der Waals surface area contributed by atoms with Crippen LogP contribution in [0.15, 0.2) is 48.9 Å². The summed E-state index contributed by atoms with van der Waals surface area (Å²) in [6.07, 6.45) is 7.72. The van der Waals surface area contributed by atoms with E-state index >= 15 is 0 Å². The fraction of sp³-hybridized carbons (Fsp3) is 0.353. The van der Waals surface area contributed by atoms with E-state index in [1.165, 1.54) is 0 Å². The molecule has 1 amide bonds. The van der Waals surface area contributed by atoms with Gasteiger partial charge in [-0.2, -0.15) is 0 Å². The molecule has 2 aromatic rings. The molecule has 0 aliphatic carbocycles. The summed E-state index contributed by atoms with van der Waals surface area (Å²) in [5, 5.41) is 3.13. The van der Waals surface area contributed by atoms with Gasteiger partial charge in [0.25, 0.3) is 0 Å². The minimum atomic E-state index is 0.0564. The Kier molecular flexibility index (Phi) is 4.63. The number of amides is 1. The zero-order valence-electron chi connectivity index (χ0n) is 12.5. The first-order valence-corrected chi connectivity index (χ1v) is 7.65. The lowest BCUT2D eigenvalue weighted by Crippen LogP contribution is -2.48. The molecular weight excluding hydrogens is 276 g/mol. The number of hydrogen-bond acceptors (Lipinski definition) is 4. The highest BCUT2D eigenvalue weighted by Gasteiger charge is 2.22. The van der Waals surface area contributed by atoms with E-state index in [0.717, 1.165) is 37.3 Å². The highest BCUT2D eigenvalue weighted by Crippen LogP contribution is 2.17. The fourth-order valence-electron chi connectivity index (χ4n) is 2.81. The monoisotopic (exact) mass is 296 g/mol. The number of aromatic nitrogens is 2. The number of carbonyl (C=O) groups excluding carboxylic acids is 1. The molecule has 1 fully saturated rings. The smallest absolute Gasteiger partial charge is 0.224 e. The Morgan fingerprint density at radius 1 is 1.27 bits per heavy atom. The fourth-order valence-corrected chi connectivity index (χ4v) is 2.81. The van der Waals surface area contributed by atoms with Crippen molar-refractivity contribution in [2.24, 2.45) is 0 Å². The molecule has 1 aliphatic rings. The molecule has 5 heteroatoms. The van der Waals surface area contributed by atoms with Crippen LogP contribution in [0.25, 0.3) is 0 Å². The van der Waals surface area contributed by atoms with Crippen LogP contribution in [0, 0.1) is 0 Å². The zero-order valence-corrected chi connectivity index (χ0v) is 12.5. The average molecular weight is 296 g/mol. The number of carbonyl (C=O) groups is 1. The number of pyridine rings is 2. The van der Waals surface area contributed by atoms with Crippen LogP contribution in [-0.4, -0.2) is 35.0 Å². The van der Waals surface area contributed by atoms with E-state index in [-0.39, 0.29) is 11.9 Å². The van der Waals surface area contributed by atoms with Gasteiger partial charge < -0.3 is 10.2 Å². The third kappa shape index (κ3) is 3.81. The summed E-state index contributed by atoms with van der Waals surface area (Å²) in [5.74, 6) is 1.04. The molecule has 114 valence electrons. The second kappa shape index (κ2) is 7.02. The van der Waals surface area contributed by atoms with Crippen molar-refractivity contribution >= 4 is 11.7 Å². The van der Waals surface area contributed by atoms with Crippen LogP contribution < -0.4 is 10.2 Å². The van der Waals surface area contributed by atoms with Gasteiger partial charge in [0, 0.05) is 37.7 Å². The molecule has 0 radical (unpaired) electrons. The molecule has 3 rings (SSSR count). The molecular formula is C17H20N4O. The molecule has 1 aliphatic heterocycles. The Bertz CT molecular complexity index is 603. The first-order valence-electron chi connectivity index (χ1n) is 7.65. The predicted octanol–water partition coefficient (Wildman–Crippen LogP) is 1.80. The van der Waals surface area contributed by atoms with Crippen LogP contribution in [0.5, 0.6) is 0 Å². The number of piperidine rings is 1. The Morgan fingerprint density at radius 2 is 2.23 bits per heavy atom. The number of nitrogens with zero attached hydrogens (tertiary/aromatic N) is 3. The van der Waals surface area contributed by atoms with Crippen LogP contribution in [0.4, 0.5) is 5.82 Å². The Hall–Kier alpha value is -2.43. The number of rotatable bonds is 4. The van der Waals surface area contributed by atoms with Gasteiger partial charge in [-0.05, 0) is 36.6 Å². The minimum Gasteiger partial charge on any atom is -0.355 e. The van der Waals surface area contributed by atoms with Crippen LogP contribution >= 0.6 is 0 Å². The van der Waals surface area contributed by atoms with Crippen LogP contribution in [0.3, 0.4) is 0 Å². The summed E-state index contributed by atoms with van der Waals surface area (Å²) in [6, 6.07) is 9.88. The molecule has 1 saturated heterocycles. The van der Waals surface area contributed by atoms with Crippen molar-refractivity contribution in [1.82, 2.24) is 15.3 Å². The topological polar surface area (TPSA) is 58.1 Å². The molecule has 0 aromatic carbocycles. The molecule has 3 heterocycles. The molecule has 1 atom stereocenters. The van der Waals surface area contributed by atoms with Crippen molar-refractivity contribution in [2.45, 2.75) is 25.3 Å². The molecule has 1 N–H and O–H groups in total. The Morgan fingerprint density at radius 3 is 3.00 bits per heavy atom. The largest absolute Gasteiger partial charge is 0.355 e. The molecule has 0 bridgehead atoms. The molecule has 0 saturated carbocycles. The van der Waals surface area contributed by atoms with E-state index < -0.39 is 0 Å². The van der Waals surface area contributed by atoms with E-state index in [4.69, 9.17) is 0 Å². The highest BCUT2D eigenvalue weighted by atomic mass is 16.1. The normalized spacial score (nSPS) is 18.0. The molecule has 5 nitrogen and oxygen atoms in total. The standard InChI is InChI=1S/C17H20N4O/c22-17(11-14-5-3-8-18-12-14)20-15-6-4-10-21(13-15)16-7-1-2-9-19-16/h1-3,5,7-9,12,15H,4,6,10-11,13H2,(H,20,22)/t15-/m0/s1. The third-order valence-corrected chi connectivity index (χ3v) is 3.85. The molecule has 22 heavy (non-hydrogen) atoms. The van der Waals surface area contributed by atoms with Crippen molar-refractivity contribution in [1.29, 1.82) is 0 Å². The van der Waals surface area contributed by atoms with Crippen molar-refractivity contribution in [3.63, 3.8) is 0 Å². The maximum atomic E-state index is 12.2. The summed E-state index contributed by atoms with van der Waals surface area (Å²) >= 11 is 0. The van der Waals surface area contributed by atoms with Crippen LogP contribution in [0.1, 0.15) is 18.4 Å². The van der Waals surface area contributed by atoms with E-state index in [1.54, 1.807) is 18.6 Å². The quantitative estimate of drug-likeness (QED) is 0.935. The van der Waals surface area contributed by atoms with E-state index in [9.17, 15) is 4.79 Å². The Labute approximate surface area is 130 Å². The van der Waals surface area contributed by atoms with E-state index in [2.05, 4.69) is 20.2 Å². The first kappa shape index (κ1) is 14.5. The van der Waals surface area contributed by atoms with Gasteiger partial charge in [-0.15, -0.1) is 0 Å². The molecule has 0 unspecified atom stereocenters. The minimum absolute atomic E-state index is 0.0564. The maximum Gasteiger partial charge on any atom is 0.224 e. The Balaban J connectivity index is 1.55. The van der Waals surface area contributed by atoms with Crippen molar-refractivity contribution in [3.8, 4) is 0 Å². The van der Waals surface area contributed by atoms with Gasteiger partial charge in [-0.25, -0.2) is 4.98 Å². The first-order chi connectivity index (χ1) is 10.8. The lowest BCUT2D eigenvalue weighted by Gasteiger charge is -2.34. The zero-order chi connectivity index (χ0) is 15.2. The number of nitrogens with one attached hydrogen (secondary N) is 1. The maximum absolute atomic E-state index is 12.2. The summed E-state index contributed by atoms with van der Waals surface area (Å²) in [5.41, 5.74) is 0.942. The van der Waals surface area contributed by atoms with Gasteiger partial charge in [0.15, 0.2) is 0 Å². The predicted molar refractivity (Wildman–Crippen MR) is 85.6 cm³/mol. The summed E-state index contributed by atoms with van der Waals surface area (Å²) < 4.78 is 0. The second-order valence-corrected chi connectivity index (χ2v) is 5.58. The van der Waals surface area contributed by atoms with Crippen molar-refractivity contribution in [2.75, 3.05) is 18.0 Å². The average Bonchev–Trinajstić information content (AvgIpc) is 2.57. The van der Waals surface area contributed by atoms with E-state index in [1.807, 2.05) is 30.3 Å². The van der Waals surface area contributed by atoms with Crippen molar-refractivity contribution < 1.29 is 4.79 Å². The summed E-state index contributed by atoms with van der Waals surface area (Å²) in [6.45, 7) is 1.81.